The number of rotatable bonds is 3. The summed E-state index contributed by atoms with van der Waals surface area (Å²) in [6, 6.07) is 12.0. The predicted molar refractivity (Wildman–Crippen MR) is 100 cm³/mol. The third-order valence-electron chi connectivity index (χ3n) is 4.35. The average molecular weight is 352 g/mol. The Labute approximate surface area is 151 Å². The van der Waals surface area contributed by atoms with Crippen molar-refractivity contribution in [3.63, 3.8) is 0 Å². The van der Waals surface area contributed by atoms with E-state index in [0.717, 1.165) is 41.5 Å². The molecule has 1 aliphatic heterocycles. The molecule has 3 aromatic rings. The fourth-order valence-corrected chi connectivity index (χ4v) is 3.25. The number of hydrogen-bond donors (Lipinski definition) is 1. The van der Waals surface area contributed by atoms with Gasteiger partial charge in [0.2, 0.25) is 0 Å². The minimum Gasteiger partial charge on any atom is -0.350 e. The van der Waals surface area contributed by atoms with Gasteiger partial charge in [-0.25, -0.2) is 15.0 Å². The van der Waals surface area contributed by atoms with Crippen LogP contribution >= 0.6 is 11.6 Å². The maximum Gasteiger partial charge on any atom is 0.147 e. The number of nitrogens with zero attached hydrogens (tertiary/aromatic N) is 4. The first-order valence-corrected chi connectivity index (χ1v) is 8.60. The monoisotopic (exact) mass is 351 g/mol. The van der Waals surface area contributed by atoms with Gasteiger partial charge in [0.25, 0.3) is 0 Å². The smallest absolute Gasteiger partial charge is 0.147 e. The minimum absolute atomic E-state index is 0.663. The Kier molecular flexibility index (Phi) is 4.24. The molecule has 5 nitrogen and oxygen atoms in total. The lowest BCUT2D eigenvalue weighted by Crippen LogP contribution is -2.32. The van der Waals surface area contributed by atoms with Gasteiger partial charge < -0.3 is 10.2 Å². The summed E-state index contributed by atoms with van der Waals surface area (Å²) in [5.74, 6) is 1.64. The van der Waals surface area contributed by atoms with Crippen molar-refractivity contribution < 1.29 is 0 Å². The van der Waals surface area contributed by atoms with Gasteiger partial charge in [-0.1, -0.05) is 29.3 Å². The second kappa shape index (κ2) is 6.69. The van der Waals surface area contributed by atoms with Crippen LogP contribution in [0.1, 0.15) is 16.8 Å². The van der Waals surface area contributed by atoms with Gasteiger partial charge >= 0.3 is 0 Å². The molecule has 1 aliphatic rings. The third kappa shape index (κ3) is 3.28. The summed E-state index contributed by atoms with van der Waals surface area (Å²) in [6.45, 7) is 3.59. The highest BCUT2D eigenvalue weighted by Gasteiger charge is 2.23. The number of benzene rings is 1. The number of nitrogens with one attached hydrogen (secondary N) is 1. The molecular formula is C19H18ClN5. The van der Waals surface area contributed by atoms with E-state index in [-0.39, 0.29) is 0 Å². The van der Waals surface area contributed by atoms with Crippen molar-refractivity contribution in [3.8, 4) is 0 Å². The highest BCUT2D eigenvalue weighted by molar-refractivity contribution is 6.32. The van der Waals surface area contributed by atoms with Gasteiger partial charge in [-0.3, -0.25) is 0 Å². The Morgan fingerprint density at radius 1 is 1.08 bits per heavy atom. The zero-order chi connectivity index (χ0) is 17.2. The number of anilines is 3. The summed E-state index contributed by atoms with van der Waals surface area (Å²) >= 11 is 6.32. The molecule has 4 rings (SSSR count). The van der Waals surface area contributed by atoms with E-state index in [1.54, 1.807) is 12.5 Å². The Balaban J connectivity index is 1.64. The van der Waals surface area contributed by atoms with Gasteiger partial charge in [-0.2, -0.15) is 0 Å². The van der Waals surface area contributed by atoms with Crippen molar-refractivity contribution in [3.05, 3.63) is 70.8 Å². The molecule has 0 radical (unpaired) electrons. The van der Waals surface area contributed by atoms with Crippen molar-refractivity contribution >= 4 is 28.9 Å². The molecule has 0 aliphatic carbocycles. The molecule has 0 unspecified atom stereocenters. The van der Waals surface area contributed by atoms with Crippen LogP contribution in [0.3, 0.4) is 0 Å². The maximum atomic E-state index is 6.32. The van der Waals surface area contributed by atoms with E-state index < -0.39 is 0 Å². The van der Waals surface area contributed by atoms with Crippen LogP contribution in [0.4, 0.5) is 17.3 Å². The average Bonchev–Trinajstić information content (AvgIpc) is 2.64. The van der Waals surface area contributed by atoms with E-state index in [1.807, 2.05) is 12.1 Å². The highest BCUT2D eigenvalue weighted by atomic mass is 35.5. The number of pyridine rings is 1. The number of halogens is 1. The highest BCUT2D eigenvalue weighted by Crippen LogP contribution is 2.30. The Hall–Kier alpha value is -2.66. The van der Waals surface area contributed by atoms with Crippen molar-refractivity contribution in [2.24, 2.45) is 0 Å². The summed E-state index contributed by atoms with van der Waals surface area (Å²) in [5, 5.41) is 4.08. The zero-order valence-electron chi connectivity index (χ0n) is 13.9. The van der Waals surface area contributed by atoms with E-state index in [1.165, 1.54) is 5.56 Å². The zero-order valence-corrected chi connectivity index (χ0v) is 14.7. The fourth-order valence-electron chi connectivity index (χ4n) is 3.01. The summed E-state index contributed by atoms with van der Waals surface area (Å²) in [5.41, 5.74) is 4.41. The van der Waals surface area contributed by atoms with E-state index >= 15 is 0 Å². The van der Waals surface area contributed by atoms with Crippen molar-refractivity contribution in [1.82, 2.24) is 15.0 Å². The molecule has 1 aromatic carbocycles. The number of hydrogen-bond acceptors (Lipinski definition) is 5. The number of aryl methyl sites for hydroxylation is 1. The molecular weight excluding hydrogens is 334 g/mol. The summed E-state index contributed by atoms with van der Waals surface area (Å²) in [7, 11) is 0. The first kappa shape index (κ1) is 15.8. The third-order valence-corrected chi connectivity index (χ3v) is 4.65. The van der Waals surface area contributed by atoms with Crippen LogP contribution in [-0.2, 0) is 13.0 Å². The van der Waals surface area contributed by atoms with Gasteiger partial charge in [0, 0.05) is 37.0 Å². The lowest BCUT2D eigenvalue weighted by molar-refractivity contribution is 0.699. The van der Waals surface area contributed by atoms with Gasteiger partial charge in [-0.05, 0) is 31.2 Å². The van der Waals surface area contributed by atoms with Crippen LogP contribution in [0.15, 0.2) is 48.9 Å². The summed E-state index contributed by atoms with van der Waals surface area (Å²) < 4.78 is 0. The molecule has 0 amide bonds. The van der Waals surface area contributed by atoms with Crippen molar-refractivity contribution in [2.45, 2.75) is 19.9 Å². The minimum atomic E-state index is 0.663. The van der Waals surface area contributed by atoms with Gasteiger partial charge in [0.05, 0.1) is 10.7 Å². The van der Waals surface area contributed by atoms with E-state index in [9.17, 15) is 0 Å². The SMILES string of the molecule is Cc1ccc(Nc2ncnc3c2CN(c2ncccc2Cl)CC3)cc1. The van der Waals surface area contributed by atoms with Crippen LogP contribution in [0.2, 0.25) is 5.02 Å². The van der Waals surface area contributed by atoms with E-state index in [0.29, 0.717) is 11.6 Å². The van der Waals surface area contributed by atoms with Crippen LogP contribution in [-0.4, -0.2) is 21.5 Å². The molecule has 25 heavy (non-hydrogen) atoms. The maximum absolute atomic E-state index is 6.32. The Morgan fingerprint density at radius 2 is 1.92 bits per heavy atom. The molecule has 0 atom stereocenters. The van der Waals surface area contributed by atoms with Crippen molar-refractivity contribution in [2.75, 3.05) is 16.8 Å². The lowest BCUT2D eigenvalue weighted by atomic mass is 10.1. The molecule has 0 saturated heterocycles. The van der Waals surface area contributed by atoms with Crippen molar-refractivity contribution in [1.29, 1.82) is 0 Å². The molecule has 6 heteroatoms. The fraction of sp³-hybridized carbons (Fsp3) is 0.211. The first-order chi connectivity index (χ1) is 12.2. The van der Waals surface area contributed by atoms with Crippen LogP contribution in [0.5, 0.6) is 0 Å². The quantitative estimate of drug-likeness (QED) is 0.768. The predicted octanol–water partition coefficient (Wildman–Crippen LogP) is 4.14. The van der Waals surface area contributed by atoms with Gasteiger partial charge in [0.1, 0.15) is 18.0 Å². The molecule has 1 N–H and O–H groups in total. The normalized spacial score (nSPS) is 13.4. The largest absolute Gasteiger partial charge is 0.350 e. The molecule has 0 spiro atoms. The first-order valence-electron chi connectivity index (χ1n) is 8.22. The molecule has 3 heterocycles. The van der Waals surface area contributed by atoms with Crippen LogP contribution < -0.4 is 10.2 Å². The Bertz CT molecular complexity index is 895. The lowest BCUT2D eigenvalue weighted by Gasteiger charge is -2.30. The van der Waals surface area contributed by atoms with Crippen LogP contribution in [0, 0.1) is 6.92 Å². The number of fused-ring (bicyclic) bond motifs is 1. The summed E-state index contributed by atoms with van der Waals surface area (Å²) in [6.07, 6.45) is 4.23. The molecule has 2 aromatic heterocycles. The second-order valence-electron chi connectivity index (χ2n) is 6.12. The summed E-state index contributed by atoms with van der Waals surface area (Å²) in [4.78, 5) is 15.5. The second-order valence-corrected chi connectivity index (χ2v) is 6.53. The van der Waals surface area contributed by atoms with Gasteiger partial charge in [0.15, 0.2) is 0 Å². The van der Waals surface area contributed by atoms with E-state index in [4.69, 9.17) is 11.6 Å². The van der Waals surface area contributed by atoms with Gasteiger partial charge in [-0.15, -0.1) is 0 Å². The number of aromatic nitrogens is 3. The topological polar surface area (TPSA) is 53.9 Å². The molecule has 0 saturated carbocycles. The molecule has 0 bridgehead atoms. The van der Waals surface area contributed by atoms with E-state index in [2.05, 4.69) is 56.4 Å². The molecule has 126 valence electrons. The Morgan fingerprint density at radius 3 is 2.72 bits per heavy atom. The molecule has 0 fully saturated rings. The van der Waals surface area contributed by atoms with Crippen LogP contribution in [0.25, 0.3) is 0 Å². The standard InChI is InChI=1S/C19H18ClN5/c1-13-4-6-14(7-5-13)24-18-15-11-25(10-8-17(15)22-12-23-18)19-16(20)3-2-9-21-19/h2-7,9,12H,8,10-11H2,1H3,(H,22,23,24).